The highest BCUT2D eigenvalue weighted by Crippen LogP contribution is 2.10. The number of hydrogen-bond donors (Lipinski definition) is 0. The monoisotopic (exact) mass is 232 g/mol. The third kappa shape index (κ3) is 2.31. The highest BCUT2D eigenvalue weighted by molar-refractivity contribution is 9.08. The Kier molecular flexibility index (Phi) is 3.09. The molecule has 0 fully saturated rings. The Morgan fingerprint density at radius 2 is 2.27 bits per heavy atom. The molecule has 1 aromatic rings. The molecule has 58 valence electrons. The Hall–Kier alpha value is -0.340. The predicted octanol–water partition coefficient (Wildman–Crippen LogP) is 2.96. The van der Waals surface area contributed by atoms with Crippen molar-refractivity contribution in [2.75, 3.05) is 0 Å². The van der Waals surface area contributed by atoms with Gasteiger partial charge in [0.1, 0.15) is 0 Å². The molecule has 0 spiro atoms. The molecule has 0 aliphatic rings. The van der Waals surface area contributed by atoms with Gasteiger partial charge in [0.15, 0.2) is 0 Å². The first-order chi connectivity index (χ1) is 5.24. The molecule has 1 nitrogen and oxygen atoms in total. The molecule has 0 N–H and O–H groups in total. The van der Waals surface area contributed by atoms with E-state index < -0.39 is 5.24 Å². The highest BCUT2D eigenvalue weighted by atomic mass is 79.9. The molecular formula is C8H6BrClO. The lowest BCUT2D eigenvalue weighted by Crippen LogP contribution is -1.89. The molecule has 0 amide bonds. The van der Waals surface area contributed by atoms with Crippen LogP contribution in [0.1, 0.15) is 15.9 Å². The van der Waals surface area contributed by atoms with Crippen molar-refractivity contribution in [3.63, 3.8) is 0 Å². The predicted molar refractivity (Wildman–Crippen MR) is 49.3 cm³/mol. The van der Waals surface area contributed by atoms with Crippen molar-refractivity contribution >= 4 is 32.8 Å². The molecule has 0 heterocycles. The second-order valence-corrected chi connectivity index (χ2v) is 3.01. The van der Waals surface area contributed by atoms with Crippen molar-refractivity contribution in [3.05, 3.63) is 35.4 Å². The molecule has 0 aliphatic carbocycles. The number of alkyl halides is 1. The maximum absolute atomic E-state index is 10.7. The lowest BCUT2D eigenvalue weighted by Gasteiger charge is -1.96. The summed E-state index contributed by atoms with van der Waals surface area (Å²) in [7, 11) is 0. The SMILES string of the molecule is O=C(Cl)c1cccc(CBr)c1. The summed E-state index contributed by atoms with van der Waals surface area (Å²) in [6.07, 6.45) is 0. The van der Waals surface area contributed by atoms with Crippen LogP contribution >= 0.6 is 27.5 Å². The average molecular weight is 233 g/mol. The van der Waals surface area contributed by atoms with Crippen molar-refractivity contribution in [2.24, 2.45) is 0 Å². The van der Waals surface area contributed by atoms with Gasteiger partial charge in [-0.15, -0.1) is 0 Å². The van der Waals surface area contributed by atoms with Gasteiger partial charge in [-0.25, -0.2) is 0 Å². The second kappa shape index (κ2) is 3.88. The molecule has 0 saturated carbocycles. The fraction of sp³-hybridized carbons (Fsp3) is 0.125. The van der Waals surface area contributed by atoms with Crippen LogP contribution in [0.4, 0.5) is 0 Å². The minimum Gasteiger partial charge on any atom is -0.276 e. The largest absolute Gasteiger partial charge is 0.276 e. The first-order valence-electron chi connectivity index (χ1n) is 3.09. The zero-order valence-electron chi connectivity index (χ0n) is 5.68. The Morgan fingerprint density at radius 1 is 1.55 bits per heavy atom. The molecule has 0 atom stereocenters. The van der Waals surface area contributed by atoms with Crippen molar-refractivity contribution in [3.8, 4) is 0 Å². The topological polar surface area (TPSA) is 17.1 Å². The van der Waals surface area contributed by atoms with E-state index in [-0.39, 0.29) is 0 Å². The van der Waals surface area contributed by atoms with Gasteiger partial charge in [0, 0.05) is 10.9 Å². The van der Waals surface area contributed by atoms with Gasteiger partial charge in [0.25, 0.3) is 5.24 Å². The van der Waals surface area contributed by atoms with Crippen LogP contribution in [-0.4, -0.2) is 5.24 Å². The molecule has 0 radical (unpaired) electrons. The molecule has 1 rings (SSSR count). The summed E-state index contributed by atoms with van der Waals surface area (Å²) in [6, 6.07) is 7.20. The van der Waals surface area contributed by atoms with Crippen LogP contribution in [0, 0.1) is 0 Å². The van der Waals surface area contributed by atoms with Gasteiger partial charge < -0.3 is 0 Å². The van der Waals surface area contributed by atoms with E-state index in [1.54, 1.807) is 12.1 Å². The number of rotatable bonds is 2. The van der Waals surface area contributed by atoms with E-state index >= 15 is 0 Å². The summed E-state index contributed by atoms with van der Waals surface area (Å²) < 4.78 is 0. The lowest BCUT2D eigenvalue weighted by atomic mass is 10.2. The molecular weight excluding hydrogens is 227 g/mol. The molecule has 1 aromatic carbocycles. The molecule has 0 saturated heterocycles. The van der Waals surface area contributed by atoms with Gasteiger partial charge in [-0.05, 0) is 23.2 Å². The Bertz CT molecular complexity index is 273. The van der Waals surface area contributed by atoms with Gasteiger partial charge in [0.2, 0.25) is 0 Å². The van der Waals surface area contributed by atoms with E-state index in [2.05, 4.69) is 15.9 Å². The number of carbonyl (C=O) groups is 1. The summed E-state index contributed by atoms with van der Waals surface area (Å²) in [5.74, 6) is 0. The van der Waals surface area contributed by atoms with Gasteiger partial charge in [-0.1, -0.05) is 34.1 Å². The molecule has 11 heavy (non-hydrogen) atoms. The Balaban J connectivity index is 3.01. The van der Waals surface area contributed by atoms with E-state index in [0.29, 0.717) is 5.56 Å². The third-order valence-corrected chi connectivity index (χ3v) is 2.17. The van der Waals surface area contributed by atoms with Gasteiger partial charge in [-0.3, -0.25) is 4.79 Å². The van der Waals surface area contributed by atoms with E-state index in [9.17, 15) is 4.79 Å². The number of carbonyl (C=O) groups excluding carboxylic acids is 1. The molecule has 0 unspecified atom stereocenters. The van der Waals surface area contributed by atoms with Crippen LogP contribution in [0.15, 0.2) is 24.3 Å². The fourth-order valence-corrected chi connectivity index (χ4v) is 1.24. The van der Waals surface area contributed by atoms with Gasteiger partial charge in [-0.2, -0.15) is 0 Å². The first-order valence-corrected chi connectivity index (χ1v) is 4.58. The minimum atomic E-state index is -0.409. The van der Waals surface area contributed by atoms with E-state index in [0.717, 1.165) is 10.9 Å². The standard InChI is InChI=1S/C8H6BrClO/c9-5-6-2-1-3-7(4-6)8(10)11/h1-4H,5H2. The quantitative estimate of drug-likeness (QED) is 0.567. The van der Waals surface area contributed by atoms with E-state index in [1.807, 2.05) is 12.1 Å². The van der Waals surface area contributed by atoms with Crippen LogP contribution < -0.4 is 0 Å². The summed E-state index contributed by atoms with van der Waals surface area (Å²) in [5.41, 5.74) is 1.60. The molecule has 0 bridgehead atoms. The third-order valence-electron chi connectivity index (χ3n) is 1.31. The number of halogens is 2. The van der Waals surface area contributed by atoms with E-state index in [4.69, 9.17) is 11.6 Å². The second-order valence-electron chi connectivity index (χ2n) is 2.11. The Labute approximate surface area is 78.5 Å². The summed E-state index contributed by atoms with van der Waals surface area (Å²) in [5, 5.41) is 0.332. The van der Waals surface area contributed by atoms with Crippen LogP contribution in [0.25, 0.3) is 0 Å². The van der Waals surface area contributed by atoms with E-state index in [1.165, 1.54) is 0 Å². The lowest BCUT2D eigenvalue weighted by molar-refractivity contribution is 0.108. The van der Waals surface area contributed by atoms with Gasteiger partial charge in [0.05, 0.1) is 0 Å². The highest BCUT2D eigenvalue weighted by Gasteiger charge is 2.00. The van der Waals surface area contributed by atoms with Crippen LogP contribution in [0.2, 0.25) is 0 Å². The van der Waals surface area contributed by atoms with Crippen molar-refractivity contribution in [2.45, 2.75) is 5.33 Å². The van der Waals surface area contributed by atoms with Crippen LogP contribution in [-0.2, 0) is 5.33 Å². The molecule has 0 aromatic heterocycles. The smallest absolute Gasteiger partial charge is 0.252 e. The normalized spacial score (nSPS) is 9.64. The summed E-state index contributed by atoms with van der Waals surface area (Å²) in [4.78, 5) is 10.7. The van der Waals surface area contributed by atoms with Crippen LogP contribution in [0.3, 0.4) is 0 Å². The van der Waals surface area contributed by atoms with Crippen molar-refractivity contribution < 1.29 is 4.79 Å². The number of hydrogen-bond acceptors (Lipinski definition) is 1. The zero-order valence-corrected chi connectivity index (χ0v) is 8.02. The maximum Gasteiger partial charge on any atom is 0.252 e. The number of benzene rings is 1. The maximum atomic E-state index is 10.7. The van der Waals surface area contributed by atoms with Crippen molar-refractivity contribution in [1.29, 1.82) is 0 Å². The van der Waals surface area contributed by atoms with Gasteiger partial charge >= 0.3 is 0 Å². The van der Waals surface area contributed by atoms with Crippen LogP contribution in [0.5, 0.6) is 0 Å². The molecule has 3 heteroatoms. The minimum absolute atomic E-state index is 0.409. The molecule has 0 aliphatic heterocycles. The summed E-state index contributed by atoms with van der Waals surface area (Å²) >= 11 is 8.56. The average Bonchev–Trinajstić information content (AvgIpc) is 2.05. The Morgan fingerprint density at radius 3 is 2.82 bits per heavy atom. The summed E-state index contributed by atoms with van der Waals surface area (Å²) in [6.45, 7) is 0. The van der Waals surface area contributed by atoms with Crippen molar-refractivity contribution in [1.82, 2.24) is 0 Å². The zero-order chi connectivity index (χ0) is 8.27. The fourth-order valence-electron chi connectivity index (χ4n) is 0.777. The first kappa shape index (κ1) is 8.75.